The van der Waals surface area contributed by atoms with Gasteiger partial charge in [0, 0.05) is 17.6 Å². The smallest absolute Gasteiger partial charge is 0.251 e. The van der Waals surface area contributed by atoms with Gasteiger partial charge in [-0.3, -0.25) is 4.79 Å². The van der Waals surface area contributed by atoms with Gasteiger partial charge in [0.25, 0.3) is 5.91 Å². The second-order valence-electron chi connectivity index (χ2n) is 5.65. The first-order chi connectivity index (χ1) is 10.3. The van der Waals surface area contributed by atoms with Crippen molar-refractivity contribution in [2.75, 3.05) is 13.3 Å². The van der Waals surface area contributed by atoms with Crippen LogP contribution in [0.15, 0.2) is 18.2 Å². The topological polar surface area (TPSA) is 59.6 Å². The Hall–Kier alpha value is -1.75. The highest BCUT2D eigenvalue weighted by molar-refractivity contribution is 5.95. The zero-order valence-electron chi connectivity index (χ0n) is 12.4. The molecule has 5 heteroatoms. The van der Waals surface area contributed by atoms with Crippen LogP contribution >= 0.6 is 0 Å². The summed E-state index contributed by atoms with van der Waals surface area (Å²) in [7, 11) is 0. The summed E-state index contributed by atoms with van der Waals surface area (Å²) in [4.78, 5) is 12.3. The molecule has 21 heavy (non-hydrogen) atoms. The molecule has 0 spiro atoms. The van der Waals surface area contributed by atoms with E-state index in [1.165, 1.54) is 0 Å². The summed E-state index contributed by atoms with van der Waals surface area (Å²) in [5.41, 5.74) is 0.632. The minimum Gasteiger partial charge on any atom is -0.454 e. The Morgan fingerprint density at radius 2 is 1.86 bits per heavy atom. The van der Waals surface area contributed by atoms with Gasteiger partial charge in [0.15, 0.2) is 11.5 Å². The van der Waals surface area contributed by atoms with E-state index in [0.29, 0.717) is 23.1 Å². The fraction of sp³-hybridized carbons (Fsp3) is 0.562. The van der Waals surface area contributed by atoms with Crippen molar-refractivity contribution < 1.29 is 14.3 Å². The minimum atomic E-state index is -0.0276. The van der Waals surface area contributed by atoms with E-state index in [-0.39, 0.29) is 18.7 Å². The van der Waals surface area contributed by atoms with Gasteiger partial charge in [-0.05, 0) is 50.4 Å². The zero-order valence-corrected chi connectivity index (χ0v) is 12.4. The molecule has 2 aliphatic rings. The first-order valence-corrected chi connectivity index (χ1v) is 7.70. The molecule has 1 amide bonds. The SMILES string of the molecule is CCNC1CCC(NC(=O)c2ccc3c(c2)OCO3)CC1. The van der Waals surface area contributed by atoms with Crippen molar-refractivity contribution in [2.45, 2.75) is 44.7 Å². The third kappa shape index (κ3) is 3.29. The van der Waals surface area contributed by atoms with Gasteiger partial charge in [0.1, 0.15) is 0 Å². The monoisotopic (exact) mass is 290 g/mol. The summed E-state index contributed by atoms with van der Waals surface area (Å²) in [5.74, 6) is 1.33. The van der Waals surface area contributed by atoms with Crippen LogP contribution in [-0.4, -0.2) is 31.3 Å². The summed E-state index contributed by atoms with van der Waals surface area (Å²) in [6.45, 7) is 3.38. The van der Waals surface area contributed by atoms with E-state index in [1.807, 2.05) is 0 Å². The van der Waals surface area contributed by atoms with E-state index < -0.39 is 0 Å². The Morgan fingerprint density at radius 1 is 1.14 bits per heavy atom. The van der Waals surface area contributed by atoms with E-state index >= 15 is 0 Å². The molecule has 1 aromatic rings. The lowest BCUT2D eigenvalue weighted by Crippen LogP contribution is -2.42. The number of nitrogens with one attached hydrogen (secondary N) is 2. The lowest BCUT2D eigenvalue weighted by molar-refractivity contribution is 0.0924. The third-order valence-electron chi connectivity index (χ3n) is 4.19. The summed E-state index contributed by atoms with van der Waals surface area (Å²) in [6.07, 6.45) is 4.32. The fourth-order valence-electron chi connectivity index (χ4n) is 3.04. The van der Waals surface area contributed by atoms with Gasteiger partial charge in [-0.1, -0.05) is 6.92 Å². The lowest BCUT2D eigenvalue weighted by atomic mass is 9.91. The highest BCUT2D eigenvalue weighted by atomic mass is 16.7. The van der Waals surface area contributed by atoms with Crippen LogP contribution in [0.1, 0.15) is 43.0 Å². The predicted octanol–water partition coefficient (Wildman–Crippen LogP) is 2.07. The number of carbonyl (C=O) groups is 1. The molecule has 0 bridgehead atoms. The number of hydrogen-bond acceptors (Lipinski definition) is 4. The van der Waals surface area contributed by atoms with Crippen LogP contribution < -0.4 is 20.1 Å². The van der Waals surface area contributed by atoms with Crippen LogP contribution in [0.4, 0.5) is 0 Å². The first kappa shape index (κ1) is 14.2. The Balaban J connectivity index is 1.55. The van der Waals surface area contributed by atoms with Crippen molar-refractivity contribution in [1.29, 1.82) is 0 Å². The van der Waals surface area contributed by atoms with E-state index in [4.69, 9.17) is 9.47 Å². The maximum absolute atomic E-state index is 12.3. The van der Waals surface area contributed by atoms with Crippen molar-refractivity contribution in [3.63, 3.8) is 0 Å². The molecule has 0 aromatic heterocycles. The predicted molar refractivity (Wildman–Crippen MR) is 79.8 cm³/mol. The van der Waals surface area contributed by atoms with Crippen molar-refractivity contribution in [3.8, 4) is 11.5 Å². The summed E-state index contributed by atoms with van der Waals surface area (Å²) in [6, 6.07) is 6.21. The number of carbonyl (C=O) groups excluding carboxylic acids is 1. The Labute approximate surface area is 125 Å². The standard InChI is InChI=1S/C16H22N2O3/c1-2-17-12-4-6-13(7-5-12)18-16(19)11-3-8-14-15(9-11)21-10-20-14/h3,8-9,12-13,17H,2,4-7,10H2,1H3,(H,18,19). The van der Waals surface area contributed by atoms with Crippen LogP contribution in [0.3, 0.4) is 0 Å². The van der Waals surface area contributed by atoms with Gasteiger partial charge >= 0.3 is 0 Å². The molecular formula is C16H22N2O3. The van der Waals surface area contributed by atoms with Gasteiger partial charge in [0.05, 0.1) is 0 Å². The normalized spacial score (nSPS) is 23.9. The summed E-state index contributed by atoms with van der Waals surface area (Å²) < 4.78 is 10.6. The highest BCUT2D eigenvalue weighted by Gasteiger charge is 2.23. The Morgan fingerprint density at radius 3 is 2.62 bits per heavy atom. The molecule has 0 radical (unpaired) electrons. The van der Waals surface area contributed by atoms with Gasteiger partial charge in [0.2, 0.25) is 6.79 Å². The Bertz CT molecular complexity index is 510. The van der Waals surface area contributed by atoms with Gasteiger partial charge in [-0.15, -0.1) is 0 Å². The average molecular weight is 290 g/mol. The van der Waals surface area contributed by atoms with E-state index in [1.54, 1.807) is 18.2 Å². The second kappa shape index (κ2) is 6.35. The molecule has 1 heterocycles. The first-order valence-electron chi connectivity index (χ1n) is 7.70. The maximum Gasteiger partial charge on any atom is 0.251 e. The van der Waals surface area contributed by atoms with Crippen LogP contribution in [0.25, 0.3) is 0 Å². The fourth-order valence-corrected chi connectivity index (χ4v) is 3.04. The van der Waals surface area contributed by atoms with Crippen molar-refractivity contribution in [3.05, 3.63) is 23.8 Å². The number of amides is 1. The number of benzene rings is 1. The summed E-state index contributed by atoms with van der Waals surface area (Å²) in [5, 5.41) is 6.60. The quantitative estimate of drug-likeness (QED) is 0.891. The van der Waals surface area contributed by atoms with Gasteiger partial charge in [-0.2, -0.15) is 0 Å². The molecule has 1 aromatic carbocycles. The van der Waals surface area contributed by atoms with Gasteiger partial charge in [-0.25, -0.2) is 0 Å². The molecule has 0 unspecified atom stereocenters. The molecule has 114 valence electrons. The van der Waals surface area contributed by atoms with Crippen LogP contribution in [0, 0.1) is 0 Å². The minimum absolute atomic E-state index is 0.0276. The van der Waals surface area contributed by atoms with Crippen molar-refractivity contribution in [1.82, 2.24) is 10.6 Å². The molecule has 1 fully saturated rings. The molecule has 3 rings (SSSR count). The second-order valence-corrected chi connectivity index (χ2v) is 5.65. The van der Waals surface area contributed by atoms with Crippen molar-refractivity contribution in [2.24, 2.45) is 0 Å². The lowest BCUT2D eigenvalue weighted by Gasteiger charge is -2.29. The maximum atomic E-state index is 12.3. The molecule has 1 aliphatic carbocycles. The van der Waals surface area contributed by atoms with E-state index in [9.17, 15) is 4.79 Å². The van der Waals surface area contributed by atoms with Crippen LogP contribution in [0.2, 0.25) is 0 Å². The molecule has 5 nitrogen and oxygen atoms in total. The molecule has 0 saturated heterocycles. The molecule has 2 N–H and O–H groups in total. The third-order valence-corrected chi connectivity index (χ3v) is 4.19. The summed E-state index contributed by atoms with van der Waals surface area (Å²) >= 11 is 0. The van der Waals surface area contributed by atoms with Crippen LogP contribution in [0.5, 0.6) is 11.5 Å². The average Bonchev–Trinajstić information content (AvgIpc) is 2.97. The van der Waals surface area contributed by atoms with Gasteiger partial charge < -0.3 is 20.1 Å². The molecule has 0 atom stereocenters. The Kier molecular flexibility index (Phi) is 4.29. The molecule has 1 saturated carbocycles. The number of ether oxygens (including phenoxy) is 2. The number of fused-ring (bicyclic) bond motifs is 1. The van der Waals surface area contributed by atoms with Crippen molar-refractivity contribution >= 4 is 5.91 Å². The van der Waals surface area contributed by atoms with E-state index in [2.05, 4.69) is 17.6 Å². The molecule has 1 aliphatic heterocycles. The number of hydrogen-bond donors (Lipinski definition) is 2. The largest absolute Gasteiger partial charge is 0.454 e. The van der Waals surface area contributed by atoms with Crippen LogP contribution in [-0.2, 0) is 0 Å². The highest BCUT2D eigenvalue weighted by Crippen LogP contribution is 2.32. The van der Waals surface area contributed by atoms with E-state index in [0.717, 1.165) is 32.2 Å². The number of rotatable bonds is 4. The zero-order chi connectivity index (χ0) is 14.7. The molecular weight excluding hydrogens is 268 g/mol.